The summed E-state index contributed by atoms with van der Waals surface area (Å²) in [4.78, 5) is 25.5. The molecule has 0 N–H and O–H groups in total. The minimum absolute atomic E-state index is 0.178. The number of allylic oxidation sites excluding steroid dienone is 2. The fourth-order valence-corrected chi connectivity index (χ4v) is 3.20. The molecule has 1 saturated carbocycles. The molecule has 2 aliphatic rings. The topological polar surface area (TPSA) is 37.4 Å². The summed E-state index contributed by atoms with van der Waals surface area (Å²) in [7, 11) is 7.44. The molecule has 0 spiro atoms. The van der Waals surface area contributed by atoms with Gasteiger partial charge in [0, 0.05) is 29.7 Å². The molecule has 1 heterocycles. The zero-order chi connectivity index (χ0) is 14.7. The fraction of sp³-hybridized carbons (Fsp3) is 0.375. The van der Waals surface area contributed by atoms with E-state index in [9.17, 15) is 9.59 Å². The molecule has 0 amide bonds. The number of fused-ring (bicyclic) bond motifs is 1. The molecule has 4 heteroatoms. The van der Waals surface area contributed by atoms with Gasteiger partial charge in [-0.15, -0.1) is 0 Å². The van der Waals surface area contributed by atoms with Gasteiger partial charge in [-0.3, -0.25) is 9.59 Å². The smallest absolute Gasteiger partial charge is 0.148 e. The molecule has 20 heavy (non-hydrogen) atoms. The fourth-order valence-electron chi connectivity index (χ4n) is 3.20. The van der Waals surface area contributed by atoms with Gasteiger partial charge in [0.05, 0.1) is 13.8 Å². The Morgan fingerprint density at radius 1 is 1.20 bits per heavy atom. The number of hydrogen-bond acceptors (Lipinski definition) is 3. The summed E-state index contributed by atoms with van der Waals surface area (Å²) >= 11 is 0. The lowest BCUT2D eigenvalue weighted by atomic mass is 9.61. The van der Waals surface area contributed by atoms with E-state index in [1.807, 2.05) is 25.2 Å². The summed E-state index contributed by atoms with van der Waals surface area (Å²) in [6.45, 7) is 4.21. The van der Waals surface area contributed by atoms with Gasteiger partial charge in [-0.1, -0.05) is 32.0 Å². The van der Waals surface area contributed by atoms with Crippen LogP contribution in [-0.4, -0.2) is 26.5 Å². The number of hydrogen-bond donors (Lipinski definition) is 0. The predicted octanol–water partition coefficient (Wildman–Crippen LogP) is 2.02. The van der Waals surface area contributed by atoms with Crippen LogP contribution in [0.1, 0.15) is 19.4 Å². The van der Waals surface area contributed by atoms with Crippen molar-refractivity contribution in [2.24, 2.45) is 5.92 Å². The van der Waals surface area contributed by atoms with Crippen molar-refractivity contribution in [2.45, 2.75) is 25.1 Å². The molecule has 2 radical (unpaired) electrons. The number of carbonyl (C=O) groups excluding carboxylic acids is 2. The summed E-state index contributed by atoms with van der Waals surface area (Å²) in [6, 6.07) is 8.13. The zero-order valence-electron chi connectivity index (χ0n) is 11.9. The van der Waals surface area contributed by atoms with Crippen molar-refractivity contribution in [3.05, 3.63) is 41.6 Å². The van der Waals surface area contributed by atoms with Crippen LogP contribution in [0.4, 0.5) is 5.69 Å². The molecule has 0 saturated heterocycles. The van der Waals surface area contributed by atoms with E-state index in [2.05, 4.69) is 24.8 Å². The van der Waals surface area contributed by atoms with E-state index in [1.165, 1.54) is 5.56 Å². The molecule has 1 aliphatic carbocycles. The SMILES string of the molecule is [B]C1C(=O)C(C=C2N(C)c3ccccc3C2(C)C)C1=O. The molecule has 1 fully saturated rings. The number of likely N-dealkylation sites (N-methyl/N-ethyl adjacent to an activating group) is 1. The van der Waals surface area contributed by atoms with Gasteiger partial charge in [0.2, 0.25) is 0 Å². The van der Waals surface area contributed by atoms with Gasteiger partial charge in [0.1, 0.15) is 11.6 Å². The average Bonchev–Trinajstić information content (AvgIpc) is 2.64. The minimum Gasteiger partial charge on any atom is -0.347 e. The van der Waals surface area contributed by atoms with E-state index in [4.69, 9.17) is 7.85 Å². The van der Waals surface area contributed by atoms with Crippen LogP contribution in [0, 0.1) is 5.92 Å². The lowest BCUT2D eigenvalue weighted by Crippen LogP contribution is -2.44. The number of nitrogens with zero attached hydrogens (tertiary/aromatic N) is 1. The lowest BCUT2D eigenvalue weighted by Gasteiger charge is -2.31. The second-order valence-corrected chi connectivity index (χ2v) is 6.01. The van der Waals surface area contributed by atoms with Crippen molar-refractivity contribution in [1.29, 1.82) is 0 Å². The Bertz CT molecular complexity index is 632. The van der Waals surface area contributed by atoms with Crippen LogP contribution in [0.25, 0.3) is 0 Å². The molecule has 0 atom stereocenters. The Hall–Kier alpha value is -1.84. The standard InChI is InChI=1S/C16H16BNO2/c1-16(2)10-6-4-5-7-11(10)18(3)12(16)8-9-14(19)13(17)15(9)20/h4-9,13H,1-3H3. The van der Waals surface area contributed by atoms with E-state index in [-0.39, 0.29) is 17.0 Å². The number of ketones is 2. The first-order valence-electron chi connectivity index (χ1n) is 6.74. The number of Topliss-reactive ketones (excluding diaryl/α,β-unsaturated/α-hetero) is 2. The molecule has 0 unspecified atom stereocenters. The third-order valence-corrected chi connectivity index (χ3v) is 4.49. The maximum atomic E-state index is 11.7. The number of anilines is 1. The summed E-state index contributed by atoms with van der Waals surface area (Å²) in [5, 5.41) is 0. The Balaban J connectivity index is 2.04. The van der Waals surface area contributed by atoms with Crippen LogP contribution in [-0.2, 0) is 15.0 Å². The second kappa shape index (κ2) is 4.08. The maximum absolute atomic E-state index is 11.7. The van der Waals surface area contributed by atoms with Crippen LogP contribution in [0.5, 0.6) is 0 Å². The van der Waals surface area contributed by atoms with Gasteiger partial charge in [-0.2, -0.15) is 0 Å². The Morgan fingerprint density at radius 3 is 2.40 bits per heavy atom. The van der Waals surface area contributed by atoms with Gasteiger partial charge < -0.3 is 4.90 Å². The lowest BCUT2D eigenvalue weighted by molar-refractivity contribution is -0.141. The third kappa shape index (κ3) is 1.54. The largest absolute Gasteiger partial charge is 0.347 e. The predicted molar refractivity (Wildman–Crippen MR) is 79.0 cm³/mol. The van der Waals surface area contributed by atoms with Crippen molar-refractivity contribution < 1.29 is 9.59 Å². The summed E-state index contributed by atoms with van der Waals surface area (Å²) in [5.74, 6) is -1.95. The van der Waals surface area contributed by atoms with Gasteiger partial charge in [0.15, 0.2) is 0 Å². The van der Waals surface area contributed by atoms with Crippen LogP contribution >= 0.6 is 0 Å². The molecule has 0 bridgehead atoms. The quantitative estimate of drug-likeness (QED) is 0.576. The van der Waals surface area contributed by atoms with Gasteiger partial charge in [0.25, 0.3) is 0 Å². The highest BCUT2D eigenvalue weighted by molar-refractivity contribution is 6.47. The van der Waals surface area contributed by atoms with Crippen molar-refractivity contribution in [3.63, 3.8) is 0 Å². The summed E-state index contributed by atoms with van der Waals surface area (Å²) < 4.78 is 0. The Kier molecular flexibility index (Phi) is 2.68. The number of rotatable bonds is 1. The molecule has 1 aromatic carbocycles. The van der Waals surface area contributed by atoms with Crippen molar-refractivity contribution in [2.75, 3.05) is 11.9 Å². The monoisotopic (exact) mass is 265 g/mol. The summed E-state index contributed by atoms with van der Waals surface area (Å²) in [6.07, 6.45) is 1.79. The van der Waals surface area contributed by atoms with Gasteiger partial charge >= 0.3 is 0 Å². The molecular weight excluding hydrogens is 249 g/mol. The highest BCUT2D eigenvalue weighted by Gasteiger charge is 2.46. The summed E-state index contributed by atoms with van der Waals surface area (Å²) in [5.41, 5.74) is 3.09. The van der Waals surface area contributed by atoms with Crippen LogP contribution in [0.3, 0.4) is 0 Å². The van der Waals surface area contributed by atoms with E-state index < -0.39 is 11.7 Å². The first-order valence-corrected chi connectivity index (χ1v) is 6.74. The Labute approximate surface area is 120 Å². The second-order valence-electron chi connectivity index (χ2n) is 6.01. The van der Waals surface area contributed by atoms with E-state index in [0.717, 1.165) is 11.4 Å². The zero-order valence-corrected chi connectivity index (χ0v) is 11.9. The van der Waals surface area contributed by atoms with Gasteiger partial charge in [-0.05, 0) is 17.7 Å². The highest BCUT2D eigenvalue weighted by atomic mass is 16.2. The number of benzene rings is 1. The van der Waals surface area contributed by atoms with Crippen LogP contribution in [0.15, 0.2) is 36.0 Å². The van der Waals surface area contributed by atoms with E-state index in [1.54, 1.807) is 6.08 Å². The first-order chi connectivity index (χ1) is 9.35. The molecular formula is C16H16BNO2. The van der Waals surface area contributed by atoms with E-state index >= 15 is 0 Å². The number of carbonyl (C=O) groups is 2. The van der Waals surface area contributed by atoms with Crippen LogP contribution in [0.2, 0.25) is 5.82 Å². The molecule has 3 nitrogen and oxygen atoms in total. The molecule has 0 aromatic heterocycles. The molecule has 1 aliphatic heterocycles. The Morgan fingerprint density at radius 2 is 1.80 bits per heavy atom. The minimum atomic E-state index is -0.922. The van der Waals surface area contributed by atoms with Crippen molar-refractivity contribution >= 4 is 25.1 Å². The molecule has 100 valence electrons. The number of para-hydroxylation sites is 1. The van der Waals surface area contributed by atoms with Crippen molar-refractivity contribution in [1.82, 2.24) is 0 Å². The molecule has 3 rings (SSSR count). The third-order valence-electron chi connectivity index (χ3n) is 4.49. The van der Waals surface area contributed by atoms with Crippen LogP contribution < -0.4 is 4.90 Å². The molecule has 1 aromatic rings. The first kappa shape index (κ1) is 13.2. The normalized spacial score (nSPS) is 29.6. The van der Waals surface area contributed by atoms with Gasteiger partial charge in [-0.25, -0.2) is 0 Å². The van der Waals surface area contributed by atoms with Crippen molar-refractivity contribution in [3.8, 4) is 0 Å². The average molecular weight is 265 g/mol. The van der Waals surface area contributed by atoms with E-state index in [0.29, 0.717) is 0 Å². The maximum Gasteiger partial charge on any atom is 0.148 e. The highest BCUT2D eigenvalue weighted by Crippen LogP contribution is 2.47.